The molecule has 2 heterocycles. The van der Waals surface area contributed by atoms with Crippen molar-refractivity contribution in [3.63, 3.8) is 0 Å². The van der Waals surface area contributed by atoms with Gasteiger partial charge in [-0.3, -0.25) is 0 Å². The predicted octanol–water partition coefficient (Wildman–Crippen LogP) is 5.15. The molecular formula is C23H27N3O3S2. The lowest BCUT2D eigenvalue weighted by Crippen LogP contribution is -2.39. The molecule has 0 amide bonds. The van der Waals surface area contributed by atoms with Crippen LogP contribution >= 0.6 is 11.8 Å². The number of hydrogen-bond acceptors (Lipinski definition) is 6. The highest BCUT2D eigenvalue weighted by molar-refractivity contribution is 7.98. The molecule has 0 aliphatic carbocycles. The van der Waals surface area contributed by atoms with Crippen molar-refractivity contribution in [1.82, 2.24) is 14.4 Å². The van der Waals surface area contributed by atoms with Crippen LogP contribution < -0.4 is 0 Å². The molecule has 1 saturated heterocycles. The van der Waals surface area contributed by atoms with Crippen molar-refractivity contribution < 1.29 is 12.9 Å². The lowest BCUT2D eigenvalue weighted by molar-refractivity contribution is 0.265. The molecule has 0 spiro atoms. The second kappa shape index (κ2) is 9.14. The standard InChI is InChI=1S/C23H27N3O3S2/c1-16(2)17-8-12-21(13-9-17)31(27,28)26-14-4-5-19(15-26)23-24-22(25-29-23)18-6-10-20(30-3)11-7-18/h6-13,16,19H,4-5,14-15H2,1-3H3/t19-/m1/s1. The molecule has 1 fully saturated rings. The average molecular weight is 458 g/mol. The van der Waals surface area contributed by atoms with Crippen molar-refractivity contribution in [3.05, 3.63) is 60.0 Å². The van der Waals surface area contributed by atoms with Crippen LogP contribution in [-0.2, 0) is 10.0 Å². The normalized spacial score (nSPS) is 17.9. The third-order valence-corrected chi connectivity index (χ3v) is 8.33. The summed E-state index contributed by atoms with van der Waals surface area (Å²) in [6, 6.07) is 15.2. The van der Waals surface area contributed by atoms with E-state index in [2.05, 4.69) is 24.0 Å². The monoisotopic (exact) mass is 457 g/mol. The van der Waals surface area contributed by atoms with Crippen molar-refractivity contribution in [2.45, 2.75) is 48.3 Å². The predicted molar refractivity (Wildman–Crippen MR) is 123 cm³/mol. The van der Waals surface area contributed by atoms with E-state index in [1.165, 1.54) is 4.90 Å². The van der Waals surface area contributed by atoms with E-state index >= 15 is 0 Å². The van der Waals surface area contributed by atoms with Crippen LogP contribution in [0.5, 0.6) is 0 Å². The first kappa shape index (κ1) is 22.0. The summed E-state index contributed by atoms with van der Waals surface area (Å²) in [5.41, 5.74) is 2.01. The summed E-state index contributed by atoms with van der Waals surface area (Å²) in [7, 11) is -3.56. The first-order chi connectivity index (χ1) is 14.9. The first-order valence-corrected chi connectivity index (χ1v) is 13.1. The minimum absolute atomic E-state index is 0.106. The zero-order valence-electron chi connectivity index (χ0n) is 18.0. The molecule has 0 unspecified atom stereocenters. The Bertz CT molecular complexity index is 1120. The maximum absolute atomic E-state index is 13.2. The topological polar surface area (TPSA) is 76.3 Å². The second-order valence-electron chi connectivity index (χ2n) is 8.11. The van der Waals surface area contributed by atoms with E-state index < -0.39 is 10.0 Å². The third-order valence-electron chi connectivity index (χ3n) is 5.71. The largest absolute Gasteiger partial charge is 0.339 e. The molecule has 0 radical (unpaired) electrons. The fourth-order valence-corrected chi connectivity index (χ4v) is 5.73. The lowest BCUT2D eigenvalue weighted by Gasteiger charge is -2.30. The number of piperidine rings is 1. The minimum Gasteiger partial charge on any atom is -0.339 e. The number of thioether (sulfide) groups is 1. The van der Waals surface area contributed by atoms with Gasteiger partial charge in [0.2, 0.25) is 21.7 Å². The Kier molecular flexibility index (Phi) is 6.50. The Morgan fingerprint density at radius 3 is 2.45 bits per heavy atom. The molecule has 1 aliphatic heterocycles. The molecule has 0 bridgehead atoms. The fraction of sp³-hybridized carbons (Fsp3) is 0.391. The van der Waals surface area contributed by atoms with E-state index in [1.807, 2.05) is 42.7 Å². The molecule has 4 rings (SSSR count). The van der Waals surface area contributed by atoms with Crippen LogP contribution in [-0.4, -0.2) is 42.2 Å². The Morgan fingerprint density at radius 1 is 1.10 bits per heavy atom. The third kappa shape index (κ3) is 4.71. The highest BCUT2D eigenvalue weighted by Gasteiger charge is 2.33. The van der Waals surface area contributed by atoms with E-state index in [0.29, 0.717) is 35.6 Å². The smallest absolute Gasteiger partial charge is 0.243 e. The average Bonchev–Trinajstić information content (AvgIpc) is 3.30. The summed E-state index contributed by atoms with van der Waals surface area (Å²) in [6.07, 6.45) is 3.61. The molecule has 3 aromatic rings. The van der Waals surface area contributed by atoms with E-state index in [0.717, 1.165) is 24.0 Å². The maximum atomic E-state index is 13.2. The number of nitrogens with zero attached hydrogens (tertiary/aromatic N) is 3. The zero-order chi connectivity index (χ0) is 22.0. The molecule has 164 valence electrons. The molecule has 2 aromatic carbocycles. The Morgan fingerprint density at radius 2 is 1.81 bits per heavy atom. The molecule has 0 N–H and O–H groups in total. The van der Waals surface area contributed by atoms with Gasteiger partial charge in [0.15, 0.2) is 0 Å². The maximum Gasteiger partial charge on any atom is 0.243 e. The summed E-state index contributed by atoms with van der Waals surface area (Å²) < 4.78 is 33.5. The van der Waals surface area contributed by atoms with Gasteiger partial charge in [-0.2, -0.15) is 9.29 Å². The highest BCUT2D eigenvalue weighted by atomic mass is 32.2. The van der Waals surface area contributed by atoms with E-state index in [-0.39, 0.29) is 5.92 Å². The first-order valence-electron chi connectivity index (χ1n) is 10.5. The van der Waals surface area contributed by atoms with Crippen molar-refractivity contribution >= 4 is 21.8 Å². The number of rotatable bonds is 6. The Labute approximate surface area is 188 Å². The van der Waals surface area contributed by atoms with E-state index in [9.17, 15) is 8.42 Å². The van der Waals surface area contributed by atoms with Crippen LogP contribution in [0.3, 0.4) is 0 Å². The molecule has 1 aliphatic rings. The van der Waals surface area contributed by atoms with Gasteiger partial charge >= 0.3 is 0 Å². The highest BCUT2D eigenvalue weighted by Crippen LogP contribution is 2.31. The van der Waals surface area contributed by atoms with Crippen LogP contribution in [0, 0.1) is 0 Å². The van der Waals surface area contributed by atoms with E-state index in [4.69, 9.17) is 4.52 Å². The van der Waals surface area contributed by atoms with Gasteiger partial charge in [-0.25, -0.2) is 8.42 Å². The summed E-state index contributed by atoms with van der Waals surface area (Å²) >= 11 is 1.68. The summed E-state index contributed by atoms with van der Waals surface area (Å²) in [4.78, 5) is 6.07. The van der Waals surface area contributed by atoms with Crippen LogP contribution in [0.2, 0.25) is 0 Å². The van der Waals surface area contributed by atoms with Crippen LogP contribution in [0.15, 0.2) is 62.8 Å². The molecule has 1 aromatic heterocycles. The van der Waals surface area contributed by atoms with Gasteiger partial charge in [0, 0.05) is 23.5 Å². The molecule has 6 nitrogen and oxygen atoms in total. The summed E-state index contributed by atoms with van der Waals surface area (Å²) in [5, 5.41) is 4.13. The molecule has 0 saturated carbocycles. The van der Waals surface area contributed by atoms with Crippen LogP contribution in [0.25, 0.3) is 11.4 Å². The van der Waals surface area contributed by atoms with Crippen molar-refractivity contribution in [2.75, 3.05) is 19.3 Å². The number of hydrogen-bond donors (Lipinski definition) is 0. The molecule has 8 heteroatoms. The Hall–Kier alpha value is -2.16. The van der Waals surface area contributed by atoms with Gasteiger partial charge in [0.05, 0.1) is 10.8 Å². The van der Waals surface area contributed by atoms with Gasteiger partial charge in [-0.1, -0.05) is 31.1 Å². The van der Waals surface area contributed by atoms with Crippen LogP contribution in [0.4, 0.5) is 0 Å². The minimum atomic E-state index is -3.56. The molecule has 31 heavy (non-hydrogen) atoms. The van der Waals surface area contributed by atoms with Gasteiger partial charge in [0.25, 0.3) is 0 Å². The number of aromatic nitrogens is 2. The summed E-state index contributed by atoms with van der Waals surface area (Å²) in [5.74, 6) is 1.29. The quantitative estimate of drug-likeness (QED) is 0.477. The lowest BCUT2D eigenvalue weighted by atomic mass is 10.00. The van der Waals surface area contributed by atoms with Crippen molar-refractivity contribution in [2.24, 2.45) is 0 Å². The summed E-state index contributed by atoms with van der Waals surface area (Å²) in [6.45, 7) is 5.03. The van der Waals surface area contributed by atoms with Crippen molar-refractivity contribution in [1.29, 1.82) is 0 Å². The van der Waals surface area contributed by atoms with Crippen molar-refractivity contribution in [3.8, 4) is 11.4 Å². The van der Waals surface area contributed by atoms with Gasteiger partial charge in [-0.15, -0.1) is 11.8 Å². The number of benzene rings is 2. The van der Waals surface area contributed by atoms with Gasteiger partial charge < -0.3 is 4.52 Å². The van der Waals surface area contributed by atoms with E-state index in [1.54, 1.807) is 28.2 Å². The molecular weight excluding hydrogens is 430 g/mol. The van der Waals surface area contributed by atoms with Crippen LogP contribution in [0.1, 0.15) is 50.0 Å². The Balaban J connectivity index is 1.51. The van der Waals surface area contributed by atoms with Gasteiger partial charge in [-0.05, 0) is 67.0 Å². The fourth-order valence-electron chi connectivity index (χ4n) is 3.79. The van der Waals surface area contributed by atoms with Gasteiger partial charge in [0.1, 0.15) is 0 Å². The number of sulfonamides is 1. The second-order valence-corrected chi connectivity index (χ2v) is 10.9. The molecule has 1 atom stereocenters. The SMILES string of the molecule is CSc1ccc(-c2noc([C@@H]3CCCN(S(=O)(=O)c4ccc(C(C)C)cc4)C3)n2)cc1. The zero-order valence-corrected chi connectivity index (χ0v) is 19.6.